The summed E-state index contributed by atoms with van der Waals surface area (Å²) in [5.74, 6) is -0.281. The molecule has 0 saturated carbocycles. The lowest BCUT2D eigenvalue weighted by molar-refractivity contribution is -0.122. The normalized spacial score (nSPS) is 23.7. The summed E-state index contributed by atoms with van der Waals surface area (Å²) < 4.78 is 13.1. The van der Waals surface area contributed by atoms with Gasteiger partial charge in [0, 0.05) is 18.8 Å². The van der Waals surface area contributed by atoms with E-state index in [-0.39, 0.29) is 23.7 Å². The predicted molar refractivity (Wildman–Crippen MR) is 65.4 cm³/mol. The van der Waals surface area contributed by atoms with Crippen molar-refractivity contribution >= 4 is 11.6 Å². The van der Waals surface area contributed by atoms with E-state index in [0.29, 0.717) is 5.69 Å². The SMILES string of the molecule is CC1NCCC1C(=O)N(C)c1cccc(F)c1. The molecule has 0 bridgehead atoms. The lowest BCUT2D eigenvalue weighted by Crippen LogP contribution is -2.38. The van der Waals surface area contributed by atoms with Crippen LogP contribution in [-0.4, -0.2) is 25.5 Å². The molecule has 92 valence electrons. The fourth-order valence-electron chi connectivity index (χ4n) is 2.26. The quantitative estimate of drug-likeness (QED) is 0.849. The summed E-state index contributed by atoms with van der Waals surface area (Å²) in [6.07, 6.45) is 0.847. The smallest absolute Gasteiger partial charge is 0.231 e. The molecule has 1 aliphatic heterocycles. The summed E-state index contributed by atoms with van der Waals surface area (Å²) in [6.45, 7) is 2.88. The van der Waals surface area contributed by atoms with Gasteiger partial charge in [0.2, 0.25) is 5.91 Å². The summed E-state index contributed by atoms with van der Waals surface area (Å²) in [4.78, 5) is 13.8. The van der Waals surface area contributed by atoms with Gasteiger partial charge in [0.1, 0.15) is 5.82 Å². The molecule has 2 rings (SSSR count). The van der Waals surface area contributed by atoms with Gasteiger partial charge < -0.3 is 10.2 Å². The Hall–Kier alpha value is -1.42. The molecule has 4 heteroatoms. The highest BCUT2D eigenvalue weighted by Gasteiger charge is 2.31. The third kappa shape index (κ3) is 2.47. The van der Waals surface area contributed by atoms with Crippen LogP contribution in [0.2, 0.25) is 0 Å². The first-order chi connectivity index (χ1) is 8.09. The number of hydrogen-bond acceptors (Lipinski definition) is 2. The van der Waals surface area contributed by atoms with Crippen LogP contribution in [-0.2, 0) is 4.79 Å². The third-order valence-electron chi connectivity index (χ3n) is 3.37. The molecule has 0 aromatic heterocycles. The van der Waals surface area contributed by atoms with Crippen molar-refractivity contribution in [2.24, 2.45) is 5.92 Å². The molecule has 17 heavy (non-hydrogen) atoms. The van der Waals surface area contributed by atoms with Crippen LogP contribution < -0.4 is 10.2 Å². The first-order valence-electron chi connectivity index (χ1n) is 5.86. The first-order valence-corrected chi connectivity index (χ1v) is 5.86. The Balaban J connectivity index is 2.14. The van der Waals surface area contributed by atoms with Gasteiger partial charge >= 0.3 is 0 Å². The predicted octanol–water partition coefficient (Wildman–Crippen LogP) is 1.79. The molecule has 3 nitrogen and oxygen atoms in total. The summed E-state index contributed by atoms with van der Waals surface area (Å²) in [6, 6.07) is 6.31. The molecule has 1 aliphatic rings. The van der Waals surface area contributed by atoms with E-state index < -0.39 is 0 Å². The van der Waals surface area contributed by atoms with Crippen molar-refractivity contribution in [1.82, 2.24) is 5.32 Å². The molecular weight excluding hydrogens is 219 g/mol. The van der Waals surface area contributed by atoms with E-state index in [1.54, 1.807) is 19.2 Å². The zero-order valence-electron chi connectivity index (χ0n) is 10.1. The zero-order chi connectivity index (χ0) is 12.4. The Kier molecular flexibility index (Phi) is 3.43. The Bertz CT molecular complexity index is 422. The summed E-state index contributed by atoms with van der Waals surface area (Å²) >= 11 is 0. The van der Waals surface area contributed by atoms with Gasteiger partial charge in [-0.25, -0.2) is 4.39 Å². The maximum absolute atomic E-state index is 13.1. The molecule has 1 fully saturated rings. The molecule has 0 radical (unpaired) electrons. The molecule has 2 atom stereocenters. The van der Waals surface area contributed by atoms with Crippen LogP contribution in [0.5, 0.6) is 0 Å². The minimum Gasteiger partial charge on any atom is -0.315 e. The second-order valence-corrected chi connectivity index (χ2v) is 4.52. The molecule has 1 aromatic carbocycles. The average Bonchev–Trinajstić information content (AvgIpc) is 2.73. The second kappa shape index (κ2) is 4.84. The van der Waals surface area contributed by atoms with Crippen LogP contribution >= 0.6 is 0 Å². The molecule has 1 aromatic rings. The zero-order valence-corrected chi connectivity index (χ0v) is 10.1. The largest absolute Gasteiger partial charge is 0.315 e. The molecule has 2 unspecified atom stereocenters. The van der Waals surface area contributed by atoms with E-state index in [9.17, 15) is 9.18 Å². The number of amides is 1. The Labute approximate surface area is 101 Å². The molecule has 1 N–H and O–H groups in total. The highest BCUT2D eigenvalue weighted by Crippen LogP contribution is 2.22. The van der Waals surface area contributed by atoms with Gasteiger partial charge in [-0.3, -0.25) is 4.79 Å². The highest BCUT2D eigenvalue weighted by atomic mass is 19.1. The second-order valence-electron chi connectivity index (χ2n) is 4.52. The summed E-state index contributed by atoms with van der Waals surface area (Å²) in [5, 5.41) is 3.25. The topological polar surface area (TPSA) is 32.3 Å². The number of hydrogen-bond donors (Lipinski definition) is 1. The van der Waals surface area contributed by atoms with Gasteiger partial charge in [0.05, 0.1) is 5.92 Å². The van der Waals surface area contributed by atoms with Crippen LogP contribution in [0.15, 0.2) is 24.3 Å². The minimum atomic E-state index is -0.320. The van der Waals surface area contributed by atoms with Crippen molar-refractivity contribution in [3.8, 4) is 0 Å². The van der Waals surface area contributed by atoms with Gasteiger partial charge in [0.25, 0.3) is 0 Å². The molecular formula is C13H17FN2O. The summed E-state index contributed by atoms with van der Waals surface area (Å²) in [5.41, 5.74) is 0.606. The minimum absolute atomic E-state index is 0.0109. The number of benzene rings is 1. The van der Waals surface area contributed by atoms with E-state index in [2.05, 4.69) is 5.32 Å². The highest BCUT2D eigenvalue weighted by molar-refractivity contribution is 5.95. The van der Waals surface area contributed by atoms with Gasteiger partial charge in [-0.15, -0.1) is 0 Å². The fourth-order valence-corrected chi connectivity index (χ4v) is 2.26. The monoisotopic (exact) mass is 236 g/mol. The molecule has 1 heterocycles. The average molecular weight is 236 g/mol. The van der Waals surface area contributed by atoms with Crippen molar-refractivity contribution in [3.63, 3.8) is 0 Å². The Morgan fingerprint density at radius 2 is 2.29 bits per heavy atom. The number of halogens is 1. The van der Waals surface area contributed by atoms with E-state index >= 15 is 0 Å². The lowest BCUT2D eigenvalue weighted by atomic mass is 10.0. The molecule has 0 aliphatic carbocycles. The molecule has 1 amide bonds. The van der Waals surface area contributed by atoms with E-state index in [1.807, 2.05) is 6.92 Å². The number of carbonyl (C=O) groups is 1. The molecule has 1 saturated heterocycles. The Morgan fingerprint density at radius 3 is 2.88 bits per heavy atom. The van der Waals surface area contributed by atoms with Crippen LogP contribution in [0.25, 0.3) is 0 Å². The first kappa shape index (κ1) is 12.0. The van der Waals surface area contributed by atoms with Gasteiger partial charge in [-0.2, -0.15) is 0 Å². The lowest BCUT2D eigenvalue weighted by Gasteiger charge is -2.23. The standard InChI is InChI=1S/C13H17FN2O/c1-9-12(6-7-15-9)13(17)16(2)11-5-3-4-10(14)8-11/h3-5,8-9,12,15H,6-7H2,1-2H3. The third-order valence-corrected chi connectivity index (χ3v) is 3.37. The van der Waals surface area contributed by atoms with E-state index in [0.717, 1.165) is 13.0 Å². The number of rotatable bonds is 2. The Morgan fingerprint density at radius 1 is 1.53 bits per heavy atom. The van der Waals surface area contributed by atoms with Gasteiger partial charge in [-0.05, 0) is 38.1 Å². The van der Waals surface area contributed by atoms with Crippen LogP contribution in [0.1, 0.15) is 13.3 Å². The van der Waals surface area contributed by atoms with Gasteiger partial charge in [-0.1, -0.05) is 6.07 Å². The van der Waals surface area contributed by atoms with Crippen LogP contribution in [0, 0.1) is 11.7 Å². The van der Waals surface area contributed by atoms with Crippen molar-refractivity contribution in [2.45, 2.75) is 19.4 Å². The van der Waals surface area contributed by atoms with E-state index in [4.69, 9.17) is 0 Å². The number of nitrogens with zero attached hydrogens (tertiary/aromatic N) is 1. The fraction of sp³-hybridized carbons (Fsp3) is 0.462. The van der Waals surface area contributed by atoms with Crippen LogP contribution in [0.4, 0.5) is 10.1 Å². The maximum Gasteiger partial charge on any atom is 0.231 e. The van der Waals surface area contributed by atoms with Gasteiger partial charge in [0.15, 0.2) is 0 Å². The van der Waals surface area contributed by atoms with Crippen molar-refractivity contribution in [3.05, 3.63) is 30.1 Å². The van der Waals surface area contributed by atoms with Crippen molar-refractivity contribution in [2.75, 3.05) is 18.5 Å². The van der Waals surface area contributed by atoms with Crippen molar-refractivity contribution < 1.29 is 9.18 Å². The van der Waals surface area contributed by atoms with E-state index in [1.165, 1.54) is 17.0 Å². The van der Waals surface area contributed by atoms with Crippen molar-refractivity contribution in [1.29, 1.82) is 0 Å². The number of anilines is 1. The van der Waals surface area contributed by atoms with Crippen LogP contribution in [0.3, 0.4) is 0 Å². The molecule has 0 spiro atoms. The maximum atomic E-state index is 13.1. The summed E-state index contributed by atoms with van der Waals surface area (Å²) in [7, 11) is 1.70. The number of carbonyl (C=O) groups excluding carboxylic acids is 1. The number of nitrogens with one attached hydrogen (secondary N) is 1.